The van der Waals surface area contributed by atoms with Crippen LogP contribution in [-0.4, -0.2) is 30.1 Å². The number of thiazole rings is 1. The molecule has 2 aromatic carbocycles. The summed E-state index contributed by atoms with van der Waals surface area (Å²) in [6, 6.07) is 12.5. The zero-order valence-electron chi connectivity index (χ0n) is 15.1. The van der Waals surface area contributed by atoms with Gasteiger partial charge in [0.2, 0.25) is 4.80 Å². The summed E-state index contributed by atoms with van der Waals surface area (Å²) >= 11 is 1.46. The Morgan fingerprint density at radius 2 is 2.00 bits per heavy atom. The molecular weight excluding hydrogens is 380 g/mol. The summed E-state index contributed by atoms with van der Waals surface area (Å²) in [5.41, 5.74) is 2.27. The van der Waals surface area contributed by atoms with E-state index in [2.05, 4.69) is 10.1 Å². The maximum atomic E-state index is 13.5. The molecule has 0 radical (unpaired) electrons. The molecule has 0 aliphatic carbocycles. The number of halogens is 2. The van der Waals surface area contributed by atoms with Crippen LogP contribution in [0.2, 0.25) is 0 Å². The van der Waals surface area contributed by atoms with Gasteiger partial charge in [0, 0.05) is 17.6 Å². The topological polar surface area (TPSA) is 38.9 Å². The molecular formula is C21H19F2N3OS. The third kappa shape index (κ3) is 4.43. The van der Waals surface area contributed by atoms with Gasteiger partial charge in [0.15, 0.2) is 0 Å². The number of aromatic nitrogens is 1. The highest BCUT2D eigenvalue weighted by molar-refractivity contribution is 7.07. The van der Waals surface area contributed by atoms with E-state index in [1.54, 1.807) is 35.2 Å². The molecule has 0 saturated carbocycles. The van der Waals surface area contributed by atoms with Gasteiger partial charge in [-0.1, -0.05) is 12.1 Å². The van der Waals surface area contributed by atoms with Gasteiger partial charge in [-0.05, 0) is 54.8 Å². The van der Waals surface area contributed by atoms with Crippen LogP contribution in [0.25, 0.3) is 11.3 Å². The van der Waals surface area contributed by atoms with Gasteiger partial charge in [0.25, 0.3) is 0 Å². The lowest BCUT2D eigenvalue weighted by Gasteiger charge is -2.06. The Bertz CT molecular complexity index is 1030. The summed E-state index contributed by atoms with van der Waals surface area (Å²) in [5.74, 6) is -0.613. The zero-order chi connectivity index (χ0) is 19.3. The van der Waals surface area contributed by atoms with E-state index in [1.165, 1.54) is 35.6 Å². The molecule has 0 unspecified atom stereocenters. The van der Waals surface area contributed by atoms with E-state index >= 15 is 0 Å². The van der Waals surface area contributed by atoms with E-state index in [4.69, 9.17) is 4.74 Å². The van der Waals surface area contributed by atoms with Gasteiger partial charge in [-0.25, -0.2) is 13.5 Å². The second kappa shape index (κ2) is 8.58. The highest BCUT2D eigenvalue weighted by Crippen LogP contribution is 2.21. The predicted octanol–water partition coefficient (Wildman–Crippen LogP) is 4.46. The molecule has 2 heterocycles. The van der Waals surface area contributed by atoms with Gasteiger partial charge in [0.1, 0.15) is 11.6 Å². The number of benzene rings is 2. The van der Waals surface area contributed by atoms with Crippen LogP contribution in [0.5, 0.6) is 0 Å². The van der Waals surface area contributed by atoms with Gasteiger partial charge < -0.3 is 4.74 Å². The average Bonchev–Trinajstić information content (AvgIpc) is 3.35. The van der Waals surface area contributed by atoms with E-state index in [0.717, 1.165) is 30.7 Å². The Hall–Kier alpha value is -2.64. The largest absolute Gasteiger partial charge is 0.376 e. The number of nitrogens with zero attached hydrogens (tertiary/aromatic N) is 3. The van der Waals surface area contributed by atoms with E-state index in [1.807, 2.05) is 5.38 Å². The second-order valence-electron chi connectivity index (χ2n) is 6.50. The van der Waals surface area contributed by atoms with Crippen LogP contribution in [0.4, 0.5) is 8.78 Å². The second-order valence-corrected chi connectivity index (χ2v) is 7.33. The first-order chi connectivity index (χ1) is 13.7. The summed E-state index contributed by atoms with van der Waals surface area (Å²) < 4.78 is 34.1. The first-order valence-corrected chi connectivity index (χ1v) is 9.95. The predicted molar refractivity (Wildman–Crippen MR) is 106 cm³/mol. The first-order valence-electron chi connectivity index (χ1n) is 9.07. The molecule has 4 rings (SSSR count). The zero-order valence-corrected chi connectivity index (χ0v) is 15.9. The lowest BCUT2D eigenvalue weighted by molar-refractivity contribution is 0.117. The minimum atomic E-state index is -0.318. The molecule has 0 spiro atoms. The molecule has 1 atom stereocenters. The van der Waals surface area contributed by atoms with Crippen molar-refractivity contribution in [1.82, 2.24) is 4.68 Å². The molecule has 7 heteroatoms. The highest BCUT2D eigenvalue weighted by atomic mass is 32.1. The van der Waals surface area contributed by atoms with Crippen molar-refractivity contribution in [2.75, 3.05) is 13.2 Å². The minimum Gasteiger partial charge on any atom is -0.376 e. The lowest BCUT2D eigenvalue weighted by atomic mass is 10.2. The summed E-state index contributed by atoms with van der Waals surface area (Å²) in [4.78, 5) is 5.39. The molecule has 1 saturated heterocycles. The van der Waals surface area contributed by atoms with E-state index in [9.17, 15) is 8.78 Å². The Morgan fingerprint density at radius 3 is 2.75 bits per heavy atom. The average molecular weight is 399 g/mol. The van der Waals surface area contributed by atoms with Gasteiger partial charge in [0.05, 0.1) is 24.6 Å². The fourth-order valence-electron chi connectivity index (χ4n) is 3.02. The maximum absolute atomic E-state index is 13.5. The number of hydrogen-bond donors (Lipinski definition) is 0. The van der Waals surface area contributed by atoms with Crippen molar-refractivity contribution in [3.63, 3.8) is 0 Å². The normalized spacial score (nSPS) is 17.6. The Balaban J connectivity index is 1.71. The number of hydrogen-bond acceptors (Lipinski definition) is 4. The number of rotatable bonds is 5. The molecule has 3 aromatic rings. The Morgan fingerprint density at radius 1 is 1.14 bits per heavy atom. The Labute approximate surface area is 165 Å². The van der Waals surface area contributed by atoms with Crippen LogP contribution in [0.3, 0.4) is 0 Å². The van der Waals surface area contributed by atoms with Crippen molar-refractivity contribution in [3.8, 4) is 11.3 Å². The molecule has 144 valence electrons. The summed E-state index contributed by atoms with van der Waals surface area (Å²) in [5, 5.41) is 6.46. The molecule has 0 N–H and O–H groups in total. The fraction of sp³-hybridized carbons (Fsp3) is 0.238. The van der Waals surface area contributed by atoms with Crippen LogP contribution >= 0.6 is 11.3 Å². The van der Waals surface area contributed by atoms with Crippen molar-refractivity contribution in [1.29, 1.82) is 0 Å². The number of ether oxygens (including phenoxy) is 1. The summed E-state index contributed by atoms with van der Waals surface area (Å²) in [7, 11) is 0. The molecule has 0 amide bonds. The van der Waals surface area contributed by atoms with Crippen molar-refractivity contribution in [3.05, 3.63) is 75.9 Å². The SMILES string of the molecule is Fc1ccc(-c2csc(=NC[C@@H]3CCCO3)n2/N=C\c2cccc(F)c2)cc1. The Kier molecular flexibility index (Phi) is 5.73. The minimum absolute atomic E-state index is 0.136. The molecule has 1 fully saturated rings. The monoisotopic (exact) mass is 399 g/mol. The van der Waals surface area contributed by atoms with Gasteiger partial charge >= 0.3 is 0 Å². The van der Waals surface area contributed by atoms with Gasteiger partial charge in [-0.15, -0.1) is 11.3 Å². The fourth-order valence-corrected chi connectivity index (χ4v) is 3.87. The molecule has 0 bridgehead atoms. The van der Waals surface area contributed by atoms with Crippen LogP contribution in [0, 0.1) is 11.6 Å². The molecule has 1 aliphatic heterocycles. The van der Waals surface area contributed by atoms with Crippen molar-refractivity contribution >= 4 is 17.6 Å². The summed E-state index contributed by atoms with van der Waals surface area (Å²) in [6.45, 7) is 1.35. The smallest absolute Gasteiger partial charge is 0.206 e. The molecule has 28 heavy (non-hydrogen) atoms. The van der Waals surface area contributed by atoms with Crippen molar-refractivity contribution in [2.24, 2.45) is 10.1 Å². The lowest BCUT2D eigenvalue weighted by Crippen LogP contribution is -2.17. The summed E-state index contributed by atoms with van der Waals surface area (Å²) in [6.07, 6.45) is 3.79. The van der Waals surface area contributed by atoms with Crippen LogP contribution in [-0.2, 0) is 4.74 Å². The van der Waals surface area contributed by atoms with Gasteiger partial charge in [-0.2, -0.15) is 5.10 Å². The van der Waals surface area contributed by atoms with E-state index in [-0.39, 0.29) is 17.7 Å². The maximum Gasteiger partial charge on any atom is 0.206 e. The van der Waals surface area contributed by atoms with Gasteiger partial charge in [-0.3, -0.25) is 4.99 Å². The molecule has 1 aliphatic rings. The highest BCUT2D eigenvalue weighted by Gasteiger charge is 2.15. The molecule has 4 nitrogen and oxygen atoms in total. The third-order valence-corrected chi connectivity index (χ3v) is 5.30. The molecule has 1 aromatic heterocycles. The first kappa shape index (κ1) is 18.7. The van der Waals surface area contributed by atoms with Crippen LogP contribution in [0.15, 0.2) is 64.0 Å². The van der Waals surface area contributed by atoms with Crippen molar-refractivity contribution < 1.29 is 13.5 Å². The van der Waals surface area contributed by atoms with E-state index in [0.29, 0.717) is 16.9 Å². The quantitative estimate of drug-likeness (QED) is 0.584. The van der Waals surface area contributed by atoms with Crippen LogP contribution < -0.4 is 4.80 Å². The van der Waals surface area contributed by atoms with Crippen LogP contribution in [0.1, 0.15) is 18.4 Å². The van der Waals surface area contributed by atoms with E-state index < -0.39 is 0 Å². The standard InChI is InChI=1S/C21H19F2N3OS/c22-17-8-6-16(7-9-17)20-14-28-21(24-13-19-5-2-10-27-19)26(20)25-12-15-3-1-4-18(23)11-15/h1,3-4,6-9,11-12,14,19H,2,5,10,13H2/b24-21?,25-12-/t19-/m0/s1. The van der Waals surface area contributed by atoms with Crippen molar-refractivity contribution in [2.45, 2.75) is 18.9 Å². The third-order valence-electron chi connectivity index (χ3n) is 4.45.